The first-order valence-electron chi connectivity index (χ1n) is 11.7. The van der Waals surface area contributed by atoms with Gasteiger partial charge in [0.25, 0.3) is 0 Å². The van der Waals surface area contributed by atoms with Crippen LogP contribution < -0.4 is 4.90 Å². The van der Waals surface area contributed by atoms with Gasteiger partial charge >= 0.3 is 5.97 Å². The van der Waals surface area contributed by atoms with E-state index < -0.39 is 0 Å². The minimum absolute atomic E-state index is 0.0284. The van der Waals surface area contributed by atoms with E-state index in [-0.39, 0.29) is 24.3 Å². The van der Waals surface area contributed by atoms with Crippen molar-refractivity contribution in [2.45, 2.75) is 57.9 Å². The Hall–Kier alpha value is -1.70. The zero-order valence-electron chi connectivity index (χ0n) is 18.2. The van der Waals surface area contributed by atoms with Gasteiger partial charge in [-0.05, 0) is 57.6 Å². The third-order valence-electron chi connectivity index (χ3n) is 6.72. The fourth-order valence-corrected chi connectivity index (χ4v) is 4.99. The van der Waals surface area contributed by atoms with Crippen molar-refractivity contribution in [2.75, 3.05) is 50.8 Å². The second-order valence-corrected chi connectivity index (χ2v) is 8.66. The first kappa shape index (κ1) is 21.5. The molecule has 1 aliphatic carbocycles. The number of likely N-dealkylation sites (tertiary alicyclic amines) is 1. The first-order valence-corrected chi connectivity index (χ1v) is 11.7. The van der Waals surface area contributed by atoms with Crippen LogP contribution in [0.1, 0.15) is 45.4 Å². The van der Waals surface area contributed by atoms with E-state index in [0.717, 1.165) is 65.0 Å². The predicted octanol–water partition coefficient (Wildman–Crippen LogP) is 2.72. The third kappa shape index (κ3) is 5.31. The molecule has 166 valence electrons. The van der Waals surface area contributed by atoms with E-state index >= 15 is 0 Å². The van der Waals surface area contributed by atoms with Gasteiger partial charge in [-0.25, -0.2) is 0 Å². The van der Waals surface area contributed by atoms with Crippen molar-refractivity contribution in [3.8, 4) is 0 Å². The zero-order valence-corrected chi connectivity index (χ0v) is 18.2. The Bertz CT molecular complexity index is 652. The number of anilines is 1. The highest BCUT2D eigenvalue weighted by atomic mass is 16.5. The third-order valence-corrected chi connectivity index (χ3v) is 6.72. The van der Waals surface area contributed by atoms with E-state index in [2.05, 4.69) is 31.8 Å². The number of ether oxygens (including phenoxy) is 2. The number of pyridine rings is 1. The summed E-state index contributed by atoms with van der Waals surface area (Å²) in [5, 5.41) is 0. The Morgan fingerprint density at radius 3 is 2.27 bits per heavy atom. The van der Waals surface area contributed by atoms with Crippen LogP contribution in [0.5, 0.6) is 0 Å². The SMILES string of the molecule is CCOC(=O)C1CCC(OC(N2CCCC2)N2CCN(c3ccncc3)CC2)CC1. The highest BCUT2D eigenvalue weighted by Gasteiger charge is 2.35. The summed E-state index contributed by atoms with van der Waals surface area (Å²) in [7, 11) is 0. The van der Waals surface area contributed by atoms with Crippen molar-refractivity contribution in [1.29, 1.82) is 0 Å². The number of esters is 1. The molecule has 4 rings (SSSR count). The van der Waals surface area contributed by atoms with Crippen LogP contribution in [0.2, 0.25) is 0 Å². The molecule has 1 aromatic rings. The van der Waals surface area contributed by atoms with Crippen LogP contribution in [-0.4, -0.2) is 79.1 Å². The average Bonchev–Trinajstić information content (AvgIpc) is 3.33. The largest absolute Gasteiger partial charge is 0.466 e. The Kier molecular flexibility index (Phi) is 7.57. The number of aromatic nitrogens is 1. The molecule has 0 N–H and O–H groups in total. The van der Waals surface area contributed by atoms with Crippen molar-refractivity contribution in [3.05, 3.63) is 24.5 Å². The molecule has 0 radical (unpaired) electrons. The van der Waals surface area contributed by atoms with Crippen molar-refractivity contribution >= 4 is 11.7 Å². The van der Waals surface area contributed by atoms with E-state index in [4.69, 9.17) is 9.47 Å². The van der Waals surface area contributed by atoms with Gasteiger partial charge in [0.15, 0.2) is 6.35 Å². The number of carbonyl (C=O) groups excluding carboxylic acids is 1. The number of carbonyl (C=O) groups is 1. The number of nitrogens with zero attached hydrogens (tertiary/aromatic N) is 4. The van der Waals surface area contributed by atoms with E-state index in [1.807, 2.05) is 19.3 Å². The fourth-order valence-electron chi connectivity index (χ4n) is 4.99. The van der Waals surface area contributed by atoms with E-state index in [9.17, 15) is 4.79 Å². The van der Waals surface area contributed by atoms with Gasteiger partial charge in [-0.15, -0.1) is 0 Å². The molecular formula is C23H36N4O3. The smallest absolute Gasteiger partial charge is 0.308 e. The van der Waals surface area contributed by atoms with Crippen LogP contribution in [0.3, 0.4) is 0 Å². The van der Waals surface area contributed by atoms with Crippen LogP contribution in [0.15, 0.2) is 24.5 Å². The highest BCUT2D eigenvalue weighted by Crippen LogP contribution is 2.30. The molecule has 7 nitrogen and oxygen atoms in total. The maximum atomic E-state index is 12.0. The summed E-state index contributed by atoms with van der Waals surface area (Å²) in [5.74, 6) is 0.0261. The minimum atomic E-state index is -0.0284. The van der Waals surface area contributed by atoms with Crippen LogP contribution in [0.25, 0.3) is 0 Å². The van der Waals surface area contributed by atoms with Gasteiger partial charge < -0.3 is 14.4 Å². The van der Waals surface area contributed by atoms with Gasteiger partial charge in [-0.2, -0.15) is 0 Å². The molecule has 1 atom stereocenters. The molecule has 2 saturated heterocycles. The normalized spacial score (nSPS) is 27.2. The molecule has 1 saturated carbocycles. The summed E-state index contributed by atoms with van der Waals surface area (Å²) in [6.07, 6.45) is 10.2. The topological polar surface area (TPSA) is 58.1 Å². The predicted molar refractivity (Wildman–Crippen MR) is 116 cm³/mol. The Morgan fingerprint density at radius 1 is 1.00 bits per heavy atom. The van der Waals surface area contributed by atoms with Gasteiger partial charge in [0, 0.05) is 57.3 Å². The summed E-state index contributed by atoms with van der Waals surface area (Å²) < 4.78 is 11.9. The van der Waals surface area contributed by atoms with Gasteiger partial charge in [-0.1, -0.05) is 0 Å². The standard InChI is InChI=1S/C23H36N4O3/c1-2-29-22(28)19-5-7-21(8-6-19)30-23(26-13-3-4-14-26)27-17-15-25(16-18-27)20-9-11-24-12-10-20/h9-12,19,21,23H,2-8,13-18H2,1H3. The first-order chi connectivity index (χ1) is 14.7. The van der Waals surface area contributed by atoms with Crippen LogP contribution in [0, 0.1) is 5.92 Å². The lowest BCUT2D eigenvalue weighted by atomic mass is 9.87. The summed E-state index contributed by atoms with van der Waals surface area (Å²) in [5.41, 5.74) is 1.25. The zero-order chi connectivity index (χ0) is 20.8. The molecule has 2 aliphatic heterocycles. The number of hydrogen-bond acceptors (Lipinski definition) is 7. The van der Waals surface area contributed by atoms with Gasteiger partial charge in [0.05, 0.1) is 18.6 Å². The molecule has 3 fully saturated rings. The molecule has 0 spiro atoms. The highest BCUT2D eigenvalue weighted by molar-refractivity contribution is 5.72. The minimum Gasteiger partial charge on any atom is -0.466 e. The summed E-state index contributed by atoms with van der Waals surface area (Å²) in [6.45, 7) is 8.60. The molecule has 3 aliphatic rings. The number of piperazine rings is 1. The Balaban J connectivity index is 1.32. The van der Waals surface area contributed by atoms with E-state index in [1.165, 1.54) is 18.5 Å². The quantitative estimate of drug-likeness (QED) is 0.634. The Labute approximate surface area is 180 Å². The van der Waals surface area contributed by atoms with Gasteiger partial charge in [-0.3, -0.25) is 19.6 Å². The molecule has 7 heteroatoms. The fraction of sp³-hybridized carbons (Fsp3) is 0.739. The molecule has 0 aromatic carbocycles. The molecule has 1 aromatic heterocycles. The van der Waals surface area contributed by atoms with Gasteiger partial charge in [0.1, 0.15) is 0 Å². The average molecular weight is 417 g/mol. The van der Waals surface area contributed by atoms with E-state index in [0.29, 0.717) is 6.61 Å². The maximum absolute atomic E-state index is 12.0. The second-order valence-electron chi connectivity index (χ2n) is 8.66. The molecule has 0 bridgehead atoms. The second kappa shape index (κ2) is 10.6. The van der Waals surface area contributed by atoms with Crippen molar-refractivity contribution in [3.63, 3.8) is 0 Å². The molecule has 0 amide bonds. The van der Waals surface area contributed by atoms with Crippen molar-refractivity contribution in [2.24, 2.45) is 5.92 Å². The lowest BCUT2D eigenvalue weighted by molar-refractivity contribution is -0.185. The summed E-state index contributed by atoms with van der Waals surface area (Å²) in [6, 6.07) is 4.18. The van der Waals surface area contributed by atoms with Gasteiger partial charge in [0.2, 0.25) is 0 Å². The monoisotopic (exact) mass is 416 g/mol. The summed E-state index contributed by atoms with van der Waals surface area (Å²) >= 11 is 0. The van der Waals surface area contributed by atoms with Crippen LogP contribution >= 0.6 is 0 Å². The molecule has 1 unspecified atom stereocenters. The Morgan fingerprint density at radius 2 is 1.63 bits per heavy atom. The van der Waals surface area contributed by atoms with Crippen molar-refractivity contribution < 1.29 is 14.3 Å². The van der Waals surface area contributed by atoms with Crippen LogP contribution in [0.4, 0.5) is 5.69 Å². The van der Waals surface area contributed by atoms with Crippen LogP contribution in [-0.2, 0) is 14.3 Å². The molecule has 3 heterocycles. The number of rotatable bonds is 7. The summed E-state index contributed by atoms with van der Waals surface area (Å²) in [4.78, 5) is 23.6. The lowest BCUT2D eigenvalue weighted by Gasteiger charge is -2.44. The molecular weight excluding hydrogens is 380 g/mol. The maximum Gasteiger partial charge on any atom is 0.308 e. The van der Waals surface area contributed by atoms with Crippen molar-refractivity contribution in [1.82, 2.24) is 14.8 Å². The lowest BCUT2D eigenvalue weighted by Crippen LogP contribution is -2.57. The number of hydrogen-bond donors (Lipinski definition) is 0. The van der Waals surface area contributed by atoms with E-state index in [1.54, 1.807) is 0 Å². The molecule has 30 heavy (non-hydrogen) atoms.